The summed E-state index contributed by atoms with van der Waals surface area (Å²) in [6.07, 6.45) is 8.39. The smallest absolute Gasteiger partial charge is 0.324 e. The highest BCUT2D eigenvalue weighted by Gasteiger charge is 2.26. The minimum atomic E-state index is -0.406. The molecule has 4 rings (SSSR count). The number of hydrogen-bond acceptors (Lipinski definition) is 7. The Morgan fingerprint density at radius 1 is 1.17 bits per heavy atom. The highest BCUT2D eigenvalue weighted by Crippen LogP contribution is 2.23. The normalized spacial score (nSPS) is 15.9. The third kappa shape index (κ3) is 4.46. The van der Waals surface area contributed by atoms with Crippen molar-refractivity contribution >= 4 is 23.5 Å². The number of aliphatic hydroxyl groups excluding tert-OH is 1. The van der Waals surface area contributed by atoms with E-state index < -0.39 is 6.03 Å². The molecule has 29 heavy (non-hydrogen) atoms. The molecule has 1 atom stereocenters. The van der Waals surface area contributed by atoms with E-state index in [2.05, 4.69) is 30.6 Å². The fourth-order valence-electron chi connectivity index (χ4n) is 3.35. The van der Waals surface area contributed by atoms with E-state index >= 15 is 0 Å². The number of carbonyl (C=O) groups excluding carboxylic acids is 1. The molecule has 1 aliphatic heterocycles. The summed E-state index contributed by atoms with van der Waals surface area (Å²) in [5.74, 6) is 0.897. The Morgan fingerprint density at radius 2 is 2.03 bits per heavy atom. The van der Waals surface area contributed by atoms with Gasteiger partial charge in [-0.25, -0.2) is 19.7 Å². The number of hydrogen-bond donors (Lipinski definition) is 3. The highest BCUT2D eigenvalue weighted by molar-refractivity contribution is 5.99. The van der Waals surface area contributed by atoms with Gasteiger partial charge in [0.25, 0.3) is 0 Å². The zero-order chi connectivity index (χ0) is 20.1. The van der Waals surface area contributed by atoms with Crippen molar-refractivity contribution in [3.05, 3.63) is 55.2 Å². The van der Waals surface area contributed by atoms with Crippen LogP contribution in [0.5, 0.6) is 0 Å². The SMILES string of the molecule is O=C(Nc1cccc(-c2cncnc2)c1)Nc1ccnc(N2CCCC2CO)n1. The van der Waals surface area contributed by atoms with Crippen molar-refractivity contribution in [3.63, 3.8) is 0 Å². The molecule has 0 radical (unpaired) electrons. The lowest BCUT2D eigenvalue weighted by atomic mass is 10.1. The van der Waals surface area contributed by atoms with Crippen LogP contribution in [0.15, 0.2) is 55.2 Å². The second kappa shape index (κ2) is 8.61. The maximum absolute atomic E-state index is 12.4. The van der Waals surface area contributed by atoms with Gasteiger partial charge in [0, 0.05) is 36.4 Å². The number of aromatic nitrogens is 4. The molecule has 148 valence electrons. The maximum atomic E-state index is 12.4. The van der Waals surface area contributed by atoms with E-state index in [0.717, 1.165) is 30.5 Å². The molecular weight excluding hydrogens is 370 g/mol. The summed E-state index contributed by atoms with van der Waals surface area (Å²) in [7, 11) is 0. The summed E-state index contributed by atoms with van der Waals surface area (Å²) in [4.78, 5) is 31.1. The average Bonchev–Trinajstić information content (AvgIpc) is 3.24. The zero-order valence-corrected chi connectivity index (χ0v) is 15.7. The fraction of sp³-hybridized carbons (Fsp3) is 0.250. The molecule has 0 spiro atoms. The number of anilines is 3. The van der Waals surface area contributed by atoms with Gasteiger partial charge in [-0.2, -0.15) is 4.98 Å². The van der Waals surface area contributed by atoms with Gasteiger partial charge in [-0.05, 0) is 36.6 Å². The van der Waals surface area contributed by atoms with Gasteiger partial charge < -0.3 is 15.3 Å². The summed E-state index contributed by atoms with van der Waals surface area (Å²) >= 11 is 0. The van der Waals surface area contributed by atoms with Crippen LogP contribution in [0.4, 0.5) is 22.2 Å². The van der Waals surface area contributed by atoms with Crippen LogP contribution in [0.2, 0.25) is 0 Å². The number of aliphatic hydroxyl groups is 1. The first kappa shape index (κ1) is 18.8. The Balaban J connectivity index is 1.43. The van der Waals surface area contributed by atoms with Gasteiger partial charge in [0.05, 0.1) is 12.6 Å². The Bertz CT molecular complexity index is 983. The third-order valence-corrected chi connectivity index (χ3v) is 4.74. The molecule has 9 heteroatoms. The summed E-state index contributed by atoms with van der Waals surface area (Å²) in [6.45, 7) is 0.848. The number of amides is 2. The molecule has 2 aromatic heterocycles. The lowest BCUT2D eigenvalue weighted by Crippen LogP contribution is -2.33. The van der Waals surface area contributed by atoms with Crippen molar-refractivity contribution in [2.24, 2.45) is 0 Å². The summed E-state index contributed by atoms with van der Waals surface area (Å²) < 4.78 is 0. The van der Waals surface area contributed by atoms with E-state index in [1.807, 2.05) is 23.1 Å². The van der Waals surface area contributed by atoms with Crippen LogP contribution in [-0.4, -0.2) is 50.3 Å². The Morgan fingerprint density at radius 3 is 2.86 bits per heavy atom. The molecule has 1 aliphatic rings. The number of carbonyl (C=O) groups is 1. The Hall–Kier alpha value is -3.59. The van der Waals surface area contributed by atoms with Gasteiger partial charge in [0.15, 0.2) is 0 Å². The topological polar surface area (TPSA) is 116 Å². The molecule has 1 aromatic carbocycles. The summed E-state index contributed by atoms with van der Waals surface area (Å²) in [6, 6.07) is 8.66. The van der Waals surface area contributed by atoms with Crippen LogP contribution in [0.25, 0.3) is 11.1 Å². The van der Waals surface area contributed by atoms with Gasteiger partial charge in [-0.3, -0.25) is 5.32 Å². The minimum absolute atomic E-state index is 0.0174. The van der Waals surface area contributed by atoms with Crippen molar-refractivity contribution in [2.75, 3.05) is 28.7 Å². The predicted molar refractivity (Wildman–Crippen MR) is 110 cm³/mol. The molecule has 0 aliphatic carbocycles. The monoisotopic (exact) mass is 391 g/mol. The van der Waals surface area contributed by atoms with Crippen molar-refractivity contribution in [3.8, 4) is 11.1 Å². The van der Waals surface area contributed by atoms with Crippen LogP contribution < -0.4 is 15.5 Å². The first-order chi connectivity index (χ1) is 14.2. The number of benzene rings is 1. The number of rotatable bonds is 5. The van der Waals surface area contributed by atoms with Gasteiger partial charge in [0.2, 0.25) is 5.95 Å². The molecule has 2 amide bonds. The number of nitrogens with zero attached hydrogens (tertiary/aromatic N) is 5. The second-order valence-electron chi connectivity index (χ2n) is 6.70. The molecule has 1 saturated heterocycles. The van der Waals surface area contributed by atoms with Crippen LogP contribution in [0.3, 0.4) is 0 Å². The van der Waals surface area contributed by atoms with Crippen LogP contribution >= 0.6 is 0 Å². The quantitative estimate of drug-likeness (QED) is 0.612. The maximum Gasteiger partial charge on any atom is 0.324 e. The van der Waals surface area contributed by atoms with E-state index in [1.165, 1.54) is 6.33 Å². The van der Waals surface area contributed by atoms with Gasteiger partial charge in [-0.1, -0.05) is 12.1 Å². The van der Waals surface area contributed by atoms with Gasteiger partial charge in [-0.15, -0.1) is 0 Å². The fourth-order valence-corrected chi connectivity index (χ4v) is 3.35. The Labute approximate surface area is 167 Å². The highest BCUT2D eigenvalue weighted by atomic mass is 16.3. The van der Waals surface area contributed by atoms with Crippen molar-refractivity contribution in [2.45, 2.75) is 18.9 Å². The Kier molecular flexibility index (Phi) is 5.57. The van der Waals surface area contributed by atoms with Gasteiger partial charge in [0.1, 0.15) is 12.1 Å². The average molecular weight is 391 g/mol. The van der Waals surface area contributed by atoms with E-state index in [9.17, 15) is 9.90 Å². The molecule has 3 aromatic rings. The van der Waals surface area contributed by atoms with Gasteiger partial charge >= 0.3 is 6.03 Å². The minimum Gasteiger partial charge on any atom is -0.394 e. The van der Waals surface area contributed by atoms with E-state index in [4.69, 9.17) is 0 Å². The van der Waals surface area contributed by atoms with Crippen molar-refractivity contribution < 1.29 is 9.90 Å². The molecule has 1 fully saturated rings. The number of urea groups is 1. The largest absolute Gasteiger partial charge is 0.394 e. The van der Waals surface area contributed by atoms with E-state index in [0.29, 0.717) is 17.5 Å². The van der Waals surface area contributed by atoms with E-state index in [-0.39, 0.29) is 12.6 Å². The number of nitrogens with one attached hydrogen (secondary N) is 2. The first-order valence-corrected chi connectivity index (χ1v) is 9.37. The summed E-state index contributed by atoms with van der Waals surface area (Å²) in [5.41, 5.74) is 2.40. The standard InChI is InChI=1S/C20H21N7O2/c28-12-17-5-2-8-27(17)19-23-7-6-18(25-19)26-20(29)24-16-4-1-3-14(9-16)15-10-21-13-22-11-15/h1,3-4,6-7,9-11,13,17,28H,2,5,8,12H2,(H2,23,24,25,26,29). The van der Waals surface area contributed by atoms with Crippen LogP contribution in [0, 0.1) is 0 Å². The van der Waals surface area contributed by atoms with E-state index in [1.54, 1.807) is 30.7 Å². The molecule has 3 heterocycles. The molecule has 0 saturated carbocycles. The first-order valence-electron chi connectivity index (χ1n) is 9.37. The van der Waals surface area contributed by atoms with Crippen LogP contribution in [-0.2, 0) is 0 Å². The zero-order valence-electron chi connectivity index (χ0n) is 15.7. The second-order valence-corrected chi connectivity index (χ2v) is 6.70. The lowest BCUT2D eigenvalue weighted by Gasteiger charge is -2.23. The molecular formula is C20H21N7O2. The lowest BCUT2D eigenvalue weighted by molar-refractivity contribution is 0.262. The molecule has 3 N–H and O–H groups in total. The predicted octanol–water partition coefficient (Wildman–Crippen LogP) is 2.54. The third-order valence-electron chi connectivity index (χ3n) is 4.74. The summed E-state index contributed by atoms with van der Waals surface area (Å²) in [5, 5.41) is 15.0. The van der Waals surface area contributed by atoms with Crippen LogP contribution in [0.1, 0.15) is 12.8 Å². The molecule has 0 bridgehead atoms. The molecule has 1 unspecified atom stereocenters. The molecule has 9 nitrogen and oxygen atoms in total. The van der Waals surface area contributed by atoms with Crippen molar-refractivity contribution in [1.82, 2.24) is 19.9 Å². The van der Waals surface area contributed by atoms with Crippen molar-refractivity contribution in [1.29, 1.82) is 0 Å².